The van der Waals surface area contributed by atoms with Crippen LogP contribution in [0.5, 0.6) is 0 Å². The van der Waals surface area contributed by atoms with Crippen molar-refractivity contribution < 1.29 is 0 Å². The van der Waals surface area contributed by atoms with E-state index in [0.29, 0.717) is 22.4 Å². The van der Waals surface area contributed by atoms with Crippen molar-refractivity contribution in [3.8, 4) is 11.3 Å². The van der Waals surface area contributed by atoms with Crippen LogP contribution >= 0.6 is 23.2 Å². The fraction of sp³-hybridized carbons (Fsp3) is 0.250. The second-order valence-corrected chi connectivity index (χ2v) is 9.59. The fourth-order valence-electron chi connectivity index (χ4n) is 4.34. The summed E-state index contributed by atoms with van der Waals surface area (Å²) in [7, 11) is 4.03. The molecule has 2 N–H and O–H groups in total. The summed E-state index contributed by atoms with van der Waals surface area (Å²) in [4.78, 5) is 19.9. The van der Waals surface area contributed by atoms with Crippen molar-refractivity contribution in [1.29, 1.82) is 0 Å². The monoisotopic (exact) mass is 507 g/mol. The normalized spacial score (nSPS) is 14.7. The molecule has 0 amide bonds. The van der Waals surface area contributed by atoms with E-state index in [1.807, 2.05) is 25.6 Å². The van der Waals surface area contributed by atoms with Crippen molar-refractivity contribution in [1.82, 2.24) is 39.0 Å². The largest absolute Gasteiger partial charge is 0.360 e. The Bertz CT molecular complexity index is 1550. The highest BCUT2D eigenvalue weighted by molar-refractivity contribution is 6.42. The highest BCUT2D eigenvalue weighted by Gasteiger charge is 2.18. The summed E-state index contributed by atoms with van der Waals surface area (Å²) in [6.45, 7) is 2.34. The Morgan fingerprint density at radius 2 is 1.94 bits per heavy atom. The van der Waals surface area contributed by atoms with Crippen LogP contribution in [0.1, 0.15) is 17.9 Å². The van der Waals surface area contributed by atoms with E-state index in [-0.39, 0.29) is 0 Å². The van der Waals surface area contributed by atoms with Crippen molar-refractivity contribution in [2.24, 2.45) is 7.05 Å². The zero-order valence-corrected chi connectivity index (χ0v) is 20.8. The molecule has 0 unspecified atom stereocenters. The van der Waals surface area contributed by atoms with Crippen molar-refractivity contribution >= 4 is 51.3 Å². The number of imidazole rings is 2. The second kappa shape index (κ2) is 8.67. The van der Waals surface area contributed by atoms with Crippen LogP contribution in [0.25, 0.3) is 33.5 Å². The Morgan fingerprint density at radius 1 is 1.09 bits per heavy atom. The SMILES string of the molecule is CN1CC=C(c2cn3c(-c4cnn(C)c4)cnc3c(NCc3nc4cc(Cl)c(Cl)cc4[nH]3)n2)CC1. The van der Waals surface area contributed by atoms with Crippen molar-refractivity contribution in [3.05, 3.63) is 64.6 Å². The summed E-state index contributed by atoms with van der Waals surface area (Å²) >= 11 is 12.3. The van der Waals surface area contributed by atoms with E-state index in [0.717, 1.165) is 59.0 Å². The lowest BCUT2D eigenvalue weighted by molar-refractivity contribution is 0.369. The zero-order valence-electron chi connectivity index (χ0n) is 19.3. The minimum Gasteiger partial charge on any atom is -0.360 e. The van der Waals surface area contributed by atoms with E-state index in [4.69, 9.17) is 28.2 Å². The number of likely N-dealkylation sites (N-methyl/N-ethyl adjacent to an activating group) is 1. The molecule has 35 heavy (non-hydrogen) atoms. The first-order chi connectivity index (χ1) is 16.9. The molecule has 6 rings (SSSR count). The summed E-state index contributed by atoms with van der Waals surface area (Å²) < 4.78 is 3.87. The number of H-pyrrole nitrogens is 1. The summed E-state index contributed by atoms with van der Waals surface area (Å²) in [6, 6.07) is 3.55. The maximum atomic E-state index is 6.16. The third-order valence-corrected chi connectivity index (χ3v) is 6.95. The average Bonchev–Trinajstić information content (AvgIpc) is 3.56. The van der Waals surface area contributed by atoms with Gasteiger partial charge < -0.3 is 15.2 Å². The number of aromatic nitrogens is 7. The second-order valence-electron chi connectivity index (χ2n) is 8.78. The van der Waals surface area contributed by atoms with E-state index in [2.05, 4.69) is 54.0 Å². The number of rotatable bonds is 5. The maximum Gasteiger partial charge on any atom is 0.180 e. The predicted molar refractivity (Wildman–Crippen MR) is 139 cm³/mol. The number of aryl methyl sites for hydroxylation is 1. The molecule has 1 aliphatic heterocycles. The van der Waals surface area contributed by atoms with Crippen molar-refractivity contribution in [2.45, 2.75) is 13.0 Å². The van der Waals surface area contributed by atoms with Gasteiger partial charge in [0.2, 0.25) is 0 Å². The van der Waals surface area contributed by atoms with Gasteiger partial charge in [-0.2, -0.15) is 5.10 Å². The van der Waals surface area contributed by atoms with Gasteiger partial charge in [0.1, 0.15) is 5.82 Å². The topological polar surface area (TPSA) is 92.0 Å². The molecule has 5 heterocycles. The maximum absolute atomic E-state index is 6.16. The fourth-order valence-corrected chi connectivity index (χ4v) is 4.66. The lowest BCUT2D eigenvalue weighted by Gasteiger charge is -2.22. The summed E-state index contributed by atoms with van der Waals surface area (Å²) in [5, 5.41) is 8.74. The van der Waals surface area contributed by atoms with Gasteiger partial charge in [-0.1, -0.05) is 29.3 Å². The van der Waals surface area contributed by atoms with Crippen LogP contribution < -0.4 is 5.32 Å². The number of halogens is 2. The molecule has 0 aliphatic carbocycles. The molecule has 0 radical (unpaired) electrons. The van der Waals surface area contributed by atoms with Crippen LogP contribution in [0.15, 0.2) is 43.0 Å². The Kier molecular flexibility index (Phi) is 5.47. The van der Waals surface area contributed by atoms with Crippen molar-refractivity contribution in [3.63, 3.8) is 0 Å². The number of nitrogens with zero attached hydrogens (tertiary/aromatic N) is 7. The van der Waals surface area contributed by atoms with E-state index < -0.39 is 0 Å². The van der Waals surface area contributed by atoms with Gasteiger partial charge in [-0.3, -0.25) is 9.08 Å². The third-order valence-electron chi connectivity index (χ3n) is 6.23. The van der Waals surface area contributed by atoms with Gasteiger partial charge in [0.25, 0.3) is 0 Å². The van der Waals surface area contributed by atoms with Crippen LogP contribution in [0.2, 0.25) is 10.0 Å². The van der Waals surface area contributed by atoms with Gasteiger partial charge >= 0.3 is 0 Å². The van der Waals surface area contributed by atoms with Gasteiger partial charge in [0.15, 0.2) is 11.5 Å². The predicted octanol–water partition coefficient (Wildman–Crippen LogP) is 4.64. The number of hydrogen-bond acceptors (Lipinski definition) is 6. The van der Waals surface area contributed by atoms with Gasteiger partial charge in [-0.05, 0) is 31.2 Å². The Morgan fingerprint density at radius 3 is 2.71 bits per heavy atom. The van der Waals surface area contributed by atoms with Crippen LogP contribution in [0.4, 0.5) is 5.82 Å². The van der Waals surface area contributed by atoms with Gasteiger partial charge in [-0.25, -0.2) is 15.0 Å². The first-order valence-electron chi connectivity index (χ1n) is 11.3. The van der Waals surface area contributed by atoms with E-state index in [9.17, 15) is 0 Å². The van der Waals surface area contributed by atoms with E-state index in [1.54, 1.807) is 16.8 Å². The number of hydrogen-bond donors (Lipinski definition) is 2. The molecule has 1 aromatic carbocycles. The van der Waals surface area contributed by atoms with Crippen molar-refractivity contribution in [2.75, 3.05) is 25.5 Å². The molecular formula is C24H23Cl2N9. The number of anilines is 1. The molecule has 0 fully saturated rings. The smallest absolute Gasteiger partial charge is 0.180 e. The highest BCUT2D eigenvalue weighted by atomic mass is 35.5. The first kappa shape index (κ1) is 22.1. The molecule has 11 heteroatoms. The summed E-state index contributed by atoms with van der Waals surface area (Å²) in [5.74, 6) is 1.44. The summed E-state index contributed by atoms with van der Waals surface area (Å²) in [5.41, 5.74) is 6.45. The first-order valence-corrected chi connectivity index (χ1v) is 12.0. The van der Waals surface area contributed by atoms with E-state index >= 15 is 0 Å². The quantitative estimate of drug-likeness (QED) is 0.359. The van der Waals surface area contributed by atoms with Crippen LogP contribution in [-0.4, -0.2) is 59.2 Å². The zero-order chi connectivity index (χ0) is 24.1. The van der Waals surface area contributed by atoms with Crippen LogP contribution in [-0.2, 0) is 13.6 Å². The minimum absolute atomic E-state index is 0.437. The molecule has 0 atom stereocenters. The molecule has 0 saturated carbocycles. The Labute approximate surface area is 211 Å². The molecule has 5 aromatic rings. The number of benzene rings is 1. The molecule has 178 valence electrons. The van der Waals surface area contributed by atoms with Gasteiger partial charge in [-0.15, -0.1) is 0 Å². The summed E-state index contributed by atoms with van der Waals surface area (Å²) in [6.07, 6.45) is 10.9. The van der Waals surface area contributed by atoms with Crippen LogP contribution in [0.3, 0.4) is 0 Å². The standard InChI is InChI=1S/C24H23Cl2N9/c1-33-5-3-14(4-6-33)20-13-35-21(15-9-29-34(2)12-15)10-28-24(35)23(32-20)27-11-22-30-18-7-16(25)17(26)8-19(18)31-22/h3,7-10,12-13H,4-6,11H2,1-2H3,(H,27,32)(H,30,31). The molecule has 9 nitrogen and oxygen atoms in total. The van der Waals surface area contributed by atoms with E-state index in [1.165, 1.54) is 5.57 Å². The molecule has 4 aromatic heterocycles. The molecule has 1 aliphatic rings. The number of aromatic amines is 1. The Hall–Kier alpha value is -3.40. The molecule has 0 bridgehead atoms. The third kappa shape index (κ3) is 4.16. The average molecular weight is 508 g/mol. The minimum atomic E-state index is 0.437. The Balaban J connectivity index is 1.40. The molecule has 0 spiro atoms. The lowest BCUT2D eigenvalue weighted by Crippen LogP contribution is -2.24. The number of fused-ring (bicyclic) bond motifs is 2. The molecule has 0 saturated heterocycles. The van der Waals surface area contributed by atoms with Crippen LogP contribution in [0, 0.1) is 0 Å². The van der Waals surface area contributed by atoms with Gasteiger partial charge in [0.05, 0.1) is 51.4 Å². The van der Waals surface area contributed by atoms with Gasteiger partial charge in [0, 0.05) is 38.1 Å². The molecular weight excluding hydrogens is 485 g/mol. The highest BCUT2D eigenvalue weighted by Crippen LogP contribution is 2.29. The lowest BCUT2D eigenvalue weighted by atomic mass is 10.1. The number of nitrogens with one attached hydrogen (secondary N) is 2.